The Morgan fingerprint density at radius 2 is 1.87 bits per heavy atom. The van der Waals surface area contributed by atoms with Crippen molar-refractivity contribution < 1.29 is 14.3 Å². The number of fused-ring (bicyclic) bond motifs is 1. The van der Waals surface area contributed by atoms with Crippen LogP contribution in [0.4, 0.5) is 5.69 Å². The van der Waals surface area contributed by atoms with E-state index in [4.69, 9.17) is 16.3 Å². The monoisotopic (exact) mass is 427 g/mol. The van der Waals surface area contributed by atoms with E-state index >= 15 is 0 Å². The first-order valence-corrected chi connectivity index (χ1v) is 10.7. The molecule has 0 aliphatic carbocycles. The molecule has 0 bridgehead atoms. The van der Waals surface area contributed by atoms with Gasteiger partial charge in [-0.05, 0) is 37.1 Å². The molecule has 0 N–H and O–H groups in total. The minimum Gasteiger partial charge on any atom is -0.482 e. The molecule has 2 aliphatic rings. The molecule has 2 aliphatic heterocycles. The zero-order chi connectivity index (χ0) is 21.1. The number of carbonyl (C=O) groups is 2. The molecule has 0 unspecified atom stereocenters. The van der Waals surface area contributed by atoms with E-state index in [2.05, 4.69) is 36.1 Å². The second-order valence-electron chi connectivity index (χ2n) is 7.88. The fourth-order valence-corrected chi connectivity index (χ4v) is 4.08. The normalized spacial score (nSPS) is 17.3. The lowest BCUT2D eigenvalue weighted by Gasteiger charge is -2.31. The summed E-state index contributed by atoms with van der Waals surface area (Å²) in [6.07, 6.45) is 0.914. The summed E-state index contributed by atoms with van der Waals surface area (Å²) < 4.78 is 5.46. The smallest absolute Gasteiger partial charge is 0.265 e. The standard InChI is InChI=1S/C23H26ClN3O3/c1-17-3-5-18(6-4-17)14-25-9-2-10-26(12-11-25)22(28)15-27-20-13-19(24)7-8-21(20)30-16-23(27)29/h3-8,13H,2,9-12,14-16H2,1H3. The van der Waals surface area contributed by atoms with Crippen LogP contribution in [0.3, 0.4) is 0 Å². The van der Waals surface area contributed by atoms with Crippen LogP contribution in [-0.2, 0) is 16.1 Å². The molecule has 2 heterocycles. The van der Waals surface area contributed by atoms with Crippen molar-refractivity contribution >= 4 is 29.1 Å². The number of benzene rings is 2. The molecule has 0 aromatic heterocycles. The third-order valence-corrected chi connectivity index (χ3v) is 5.86. The first-order chi connectivity index (χ1) is 14.5. The van der Waals surface area contributed by atoms with Gasteiger partial charge in [0.15, 0.2) is 6.61 Å². The first-order valence-electron chi connectivity index (χ1n) is 10.3. The molecule has 0 radical (unpaired) electrons. The largest absolute Gasteiger partial charge is 0.482 e. The second-order valence-corrected chi connectivity index (χ2v) is 8.31. The second kappa shape index (κ2) is 9.06. The minimum absolute atomic E-state index is 0.00744. The fourth-order valence-electron chi connectivity index (χ4n) is 3.91. The number of anilines is 1. The molecule has 2 aromatic rings. The SMILES string of the molecule is Cc1ccc(CN2CCCN(C(=O)CN3C(=O)COc4ccc(Cl)cc43)CC2)cc1. The van der Waals surface area contributed by atoms with Crippen LogP contribution in [0.25, 0.3) is 0 Å². The van der Waals surface area contributed by atoms with Gasteiger partial charge in [-0.15, -0.1) is 0 Å². The highest BCUT2D eigenvalue weighted by Crippen LogP contribution is 2.34. The van der Waals surface area contributed by atoms with Gasteiger partial charge in [-0.2, -0.15) is 0 Å². The van der Waals surface area contributed by atoms with E-state index in [1.54, 1.807) is 18.2 Å². The predicted octanol–water partition coefficient (Wildman–Crippen LogP) is 3.11. The molecule has 4 rings (SSSR count). The van der Waals surface area contributed by atoms with Gasteiger partial charge in [0.1, 0.15) is 12.3 Å². The summed E-state index contributed by atoms with van der Waals surface area (Å²) >= 11 is 6.09. The number of amides is 2. The van der Waals surface area contributed by atoms with Crippen LogP contribution < -0.4 is 9.64 Å². The van der Waals surface area contributed by atoms with E-state index in [0.29, 0.717) is 29.5 Å². The molecular formula is C23H26ClN3O3. The lowest BCUT2D eigenvalue weighted by molar-refractivity contribution is -0.131. The average Bonchev–Trinajstić information content (AvgIpc) is 2.97. The van der Waals surface area contributed by atoms with E-state index in [-0.39, 0.29) is 25.0 Å². The van der Waals surface area contributed by atoms with Crippen molar-refractivity contribution in [2.45, 2.75) is 19.9 Å². The van der Waals surface area contributed by atoms with Crippen LogP contribution in [0.2, 0.25) is 5.02 Å². The van der Waals surface area contributed by atoms with Gasteiger partial charge in [0, 0.05) is 37.7 Å². The highest BCUT2D eigenvalue weighted by Gasteiger charge is 2.29. The number of halogens is 1. The Labute approximate surface area is 182 Å². The van der Waals surface area contributed by atoms with Gasteiger partial charge in [-0.3, -0.25) is 19.4 Å². The highest BCUT2D eigenvalue weighted by atomic mass is 35.5. The van der Waals surface area contributed by atoms with E-state index in [1.807, 2.05) is 4.90 Å². The van der Waals surface area contributed by atoms with Gasteiger partial charge < -0.3 is 9.64 Å². The molecule has 1 fully saturated rings. The Morgan fingerprint density at radius 3 is 2.67 bits per heavy atom. The van der Waals surface area contributed by atoms with Gasteiger partial charge in [0.05, 0.1) is 5.69 Å². The van der Waals surface area contributed by atoms with Crippen molar-refractivity contribution in [3.05, 3.63) is 58.6 Å². The van der Waals surface area contributed by atoms with Crippen molar-refractivity contribution in [1.82, 2.24) is 9.80 Å². The van der Waals surface area contributed by atoms with Crippen molar-refractivity contribution in [3.8, 4) is 5.75 Å². The molecule has 7 heteroatoms. The Hall–Kier alpha value is -2.57. The molecule has 30 heavy (non-hydrogen) atoms. The Bertz CT molecular complexity index is 932. The topological polar surface area (TPSA) is 53.1 Å². The number of hydrogen-bond donors (Lipinski definition) is 0. The predicted molar refractivity (Wildman–Crippen MR) is 117 cm³/mol. The maximum Gasteiger partial charge on any atom is 0.265 e. The maximum atomic E-state index is 13.0. The molecule has 1 saturated heterocycles. The zero-order valence-electron chi connectivity index (χ0n) is 17.1. The van der Waals surface area contributed by atoms with E-state index in [0.717, 1.165) is 26.1 Å². The molecular weight excluding hydrogens is 402 g/mol. The number of carbonyl (C=O) groups excluding carboxylic acids is 2. The molecule has 2 aromatic carbocycles. The third-order valence-electron chi connectivity index (χ3n) is 5.63. The van der Waals surface area contributed by atoms with Crippen LogP contribution in [0.5, 0.6) is 5.75 Å². The van der Waals surface area contributed by atoms with Crippen molar-refractivity contribution in [2.75, 3.05) is 44.2 Å². The summed E-state index contributed by atoms with van der Waals surface area (Å²) in [5.74, 6) is 0.300. The molecule has 158 valence electrons. The molecule has 2 amide bonds. The number of ether oxygens (including phenoxy) is 1. The fraction of sp³-hybridized carbons (Fsp3) is 0.391. The van der Waals surface area contributed by atoms with Crippen LogP contribution in [-0.4, -0.2) is 60.9 Å². The summed E-state index contributed by atoms with van der Waals surface area (Å²) in [6, 6.07) is 13.7. The lowest BCUT2D eigenvalue weighted by atomic mass is 10.1. The Kier molecular flexibility index (Phi) is 6.25. The number of aryl methyl sites for hydroxylation is 1. The quantitative estimate of drug-likeness (QED) is 0.752. The Balaban J connectivity index is 1.38. The number of rotatable bonds is 4. The molecule has 0 saturated carbocycles. The van der Waals surface area contributed by atoms with Gasteiger partial charge in [-0.25, -0.2) is 0 Å². The van der Waals surface area contributed by atoms with Crippen molar-refractivity contribution in [3.63, 3.8) is 0 Å². The van der Waals surface area contributed by atoms with Crippen molar-refractivity contribution in [2.24, 2.45) is 0 Å². The van der Waals surface area contributed by atoms with Crippen LogP contribution >= 0.6 is 11.6 Å². The van der Waals surface area contributed by atoms with E-state index in [9.17, 15) is 9.59 Å². The first kappa shape index (κ1) is 20.7. The highest BCUT2D eigenvalue weighted by molar-refractivity contribution is 6.31. The minimum atomic E-state index is -0.228. The van der Waals surface area contributed by atoms with E-state index < -0.39 is 0 Å². The zero-order valence-corrected chi connectivity index (χ0v) is 17.9. The maximum absolute atomic E-state index is 13.0. The van der Waals surface area contributed by atoms with Crippen LogP contribution in [0.1, 0.15) is 17.5 Å². The molecule has 0 spiro atoms. The summed E-state index contributed by atoms with van der Waals surface area (Å²) in [5.41, 5.74) is 3.10. The van der Waals surface area contributed by atoms with Gasteiger partial charge in [0.2, 0.25) is 5.91 Å². The van der Waals surface area contributed by atoms with Crippen LogP contribution in [0, 0.1) is 6.92 Å². The average molecular weight is 428 g/mol. The van der Waals surface area contributed by atoms with E-state index in [1.165, 1.54) is 16.0 Å². The number of nitrogens with zero attached hydrogens (tertiary/aromatic N) is 3. The van der Waals surface area contributed by atoms with Crippen LogP contribution in [0.15, 0.2) is 42.5 Å². The van der Waals surface area contributed by atoms with Gasteiger partial charge >= 0.3 is 0 Å². The summed E-state index contributed by atoms with van der Waals surface area (Å²) in [5, 5.41) is 0.506. The van der Waals surface area contributed by atoms with Gasteiger partial charge in [0.25, 0.3) is 5.91 Å². The van der Waals surface area contributed by atoms with Crippen molar-refractivity contribution in [1.29, 1.82) is 0 Å². The summed E-state index contributed by atoms with van der Waals surface area (Å²) in [6.45, 7) is 6.04. The molecule has 0 atom stereocenters. The summed E-state index contributed by atoms with van der Waals surface area (Å²) in [7, 11) is 0. The molecule has 6 nitrogen and oxygen atoms in total. The van der Waals surface area contributed by atoms with Gasteiger partial charge in [-0.1, -0.05) is 41.4 Å². The number of hydrogen-bond acceptors (Lipinski definition) is 4. The third kappa shape index (κ3) is 4.77. The lowest BCUT2D eigenvalue weighted by Crippen LogP contribution is -2.47. The summed E-state index contributed by atoms with van der Waals surface area (Å²) in [4.78, 5) is 31.1. The Morgan fingerprint density at radius 1 is 1.07 bits per heavy atom.